The van der Waals surface area contributed by atoms with E-state index in [2.05, 4.69) is 9.97 Å². The molecule has 2 heterocycles. The Hall–Kier alpha value is -1.89. The van der Waals surface area contributed by atoms with Crippen molar-refractivity contribution in [3.8, 4) is 16.9 Å². The number of benzene rings is 1. The van der Waals surface area contributed by atoms with Gasteiger partial charge in [0.1, 0.15) is 16.4 Å². The third-order valence-corrected chi connectivity index (χ3v) is 4.63. The number of halogens is 1. The molecule has 0 unspecified atom stereocenters. The van der Waals surface area contributed by atoms with Crippen LogP contribution in [-0.2, 0) is 0 Å². The zero-order chi connectivity index (χ0) is 16.4. The number of hydrogen-bond donors (Lipinski definition) is 1. The Morgan fingerprint density at radius 2 is 2.00 bits per heavy atom. The van der Waals surface area contributed by atoms with Gasteiger partial charge in [0, 0.05) is 24.5 Å². The van der Waals surface area contributed by atoms with Gasteiger partial charge in [-0.25, -0.2) is 4.98 Å². The number of thiophene rings is 1. The van der Waals surface area contributed by atoms with Crippen LogP contribution in [0.25, 0.3) is 21.3 Å². The van der Waals surface area contributed by atoms with Crippen molar-refractivity contribution in [1.82, 2.24) is 9.97 Å². The molecule has 0 amide bonds. The molecule has 0 aliphatic carbocycles. The molecule has 0 saturated heterocycles. The van der Waals surface area contributed by atoms with Gasteiger partial charge in [0.15, 0.2) is 0 Å². The summed E-state index contributed by atoms with van der Waals surface area (Å²) in [4.78, 5) is 11.4. The summed E-state index contributed by atoms with van der Waals surface area (Å²) in [5.74, 6) is 1.53. The van der Waals surface area contributed by atoms with Gasteiger partial charge in [-0.2, -0.15) is 4.98 Å². The first-order valence-electron chi connectivity index (χ1n) is 7.05. The second-order valence-electron chi connectivity index (χ2n) is 5.02. The van der Waals surface area contributed by atoms with E-state index in [0.717, 1.165) is 32.9 Å². The zero-order valence-corrected chi connectivity index (χ0v) is 14.4. The van der Waals surface area contributed by atoms with Crippen molar-refractivity contribution in [3.05, 3.63) is 34.9 Å². The van der Waals surface area contributed by atoms with Crippen LogP contribution in [0.2, 0.25) is 5.28 Å². The summed E-state index contributed by atoms with van der Waals surface area (Å²) in [5.41, 5.74) is 2.10. The fourth-order valence-electron chi connectivity index (χ4n) is 2.41. The molecule has 0 radical (unpaired) electrons. The second-order valence-corrected chi connectivity index (χ2v) is 6.22. The van der Waals surface area contributed by atoms with Crippen LogP contribution in [-0.4, -0.2) is 42.4 Å². The molecule has 120 valence electrons. The lowest BCUT2D eigenvalue weighted by molar-refractivity contribution is 0.304. The van der Waals surface area contributed by atoms with Crippen molar-refractivity contribution in [2.75, 3.05) is 32.2 Å². The lowest BCUT2D eigenvalue weighted by Gasteiger charge is -2.18. The Labute approximate surface area is 143 Å². The predicted molar refractivity (Wildman–Crippen MR) is 94.8 cm³/mol. The summed E-state index contributed by atoms with van der Waals surface area (Å²) in [6.07, 6.45) is 0. The highest BCUT2D eigenvalue weighted by Crippen LogP contribution is 2.38. The molecule has 0 fully saturated rings. The number of aliphatic hydroxyl groups is 1. The van der Waals surface area contributed by atoms with Gasteiger partial charge in [-0.05, 0) is 29.3 Å². The molecule has 0 spiro atoms. The van der Waals surface area contributed by atoms with Crippen molar-refractivity contribution in [2.45, 2.75) is 0 Å². The molecule has 3 aromatic rings. The molecule has 0 aliphatic rings. The highest BCUT2D eigenvalue weighted by Gasteiger charge is 2.17. The number of ether oxygens (including phenoxy) is 1. The molecule has 0 saturated carbocycles. The van der Waals surface area contributed by atoms with E-state index in [0.29, 0.717) is 6.54 Å². The van der Waals surface area contributed by atoms with E-state index >= 15 is 0 Å². The summed E-state index contributed by atoms with van der Waals surface area (Å²) in [6.45, 7) is 0.516. The first-order valence-corrected chi connectivity index (χ1v) is 8.31. The number of rotatable bonds is 5. The molecule has 7 heteroatoms. The average Bonchev–Trinajstić information content (AvgIpc) is 2.98. The number of hydrogen-bond acceptors (Lipinski definition) is 6. The molecule has 0 atom stereocenters. The van der Waals surface area contributed by atoms with Crippen LogP contribution in [0.1, 0.15) is 0 Å². The average molecular weight is 350 g/mol. The minimum atomic E-state index is 0.0433. The number of aliphatic hydroxyl groups excluding tert-OH is 1. The predicted octanol–water partition coefficient (Wildman–Crippen LogP) is 3.45. The molecule has 0 aliphatic heterocycles. The van der Waals surface area contributed by atoms with E-state index in [4.69, 9.17) is 16.3 Å². The number of fused-ring (bicyclic) bond motifs is 1. The van der Waals surface area contributed by atoms with Crippen LogP contribution >= 0.6 is 22.9 Å². The summed E-state index contributed by atoms with van der Waals surface area (Å²) in [5, 5.41) is 12.4. The lowest BCUT2D eigenvalue weighted by atomic mass is 10.1. The Balaban J connectivity index is 2.17. The normalized spacial score (nSPS) is 11.0. The minimum absolute atomic E-state index is 0.0433. The van der Waals surface area contributed by atoms with Crippen molar-refractivity contribution < 1.29 is 9.84 Å². The molecule has 1 aromatic carbocycles. The minimum Gasteiger partial charge on any atom is -0.497 e. The standard InChI is InChI=1S/C16H16ClN3O2S/c1-20(7-8-21)14-13-12(9-23-15(13)19-16(17)18-14)10-3-5-11(22-2)6-4-10/h3-6,9,21H,7-8H2,1-2H3. The van der Waals surface area contributed by atoms with Gasteiger partial charge in [-0.1, -0.05) is 12.1 Å². The van der Waals surface area contributed by atoms with Crippen LogP contribution in [0.5, 0.6) is 5.75 Å². The molecule has 5 nitrogen and oxygen atoms in total. The van der Waals surface area contributed by atoms with Crippen molar-refractivity contribution in [2.24, 2.45) is 0 Å². The van der Waals surface area contributed by atoms with Gasteiger partial charge in [-0.15, -0.1) is 11.3 Å². The fraction of sp³-hybridized carbons (Fsp3) is 0.250. The van der Waals surface area contributed by atoms with Gasteiger partial charge in [0.2, 0.25) is 5.28 Å². The van der Waals surface area contributed by atoms with Gasteiger partial charge in [0.05, 0.1) is 19.1 Å². The first-order chi connectivity index (χ1) is 11.1. The number of methoxy groups -OCH3 is 1. The summed E-state index contributed by atoms with van der Waals surface area (Å²) < 4.78 is 5.21. The molecule has 0 bridgehead atoms. The quantitative estimate of drug-likeness (QED) is 0.715. The van der Waals surface area contributed by atoms with Crippen LogP contribution in [0, 0.1) is 0 Å². The topological polar surface area (TPSA) is 58.5 Å². The van der Waals surface area contributed by atoms with Gasteiger partial charge < -0.3 is 14.7 Å². The molecular weight excluding hydrogens is 334 g/mol. The SMILES string of the molecule is COc1ccc(-c2csc3nc(Cl)nc(N(C)CCO)c23)cc1. The first kappa shape index (κ1) is 16.0. The zero-order valence-electron chi connectivity index (χ0n) is 12.8. The van der Waals surface area contributed by atoms with Gasteiger partial charge in [-0.3, -0.25) is 0 Å². The maximum atomic E-state index is 9.20. The largest absolute Gasteiger partial charge is 0.497 e. The van der Waals surface area contributed by atoms with Gasteiger partial charge >= 0.3 is 0 Å². The summed E-state index contributed by atoms with van der Waals surface area (Å²) >= 11 is 7.57. The molecule has 23 heavy (non-hydrogen) atoms. The Morgan fingerprint density at radius 1 is 1.26 bits per heavy atom. The highest BCUT2D eigenvalue weighted by atomic mass is 35.5. The Morgan fingerprint density at radius 3 is 2.65 bits per heavy atom. The maximum Gasteiger partial charge on any atom is 0.225 e. The fourth-order valence-corrected chi connectivity index (χ4v) is 3.57. The van der Waals surface area contributed by atoms with E-state index in [1.54, 1.807) is 7.11 Å². The number of likely N-dealkylation sites (N-methyl/N-ethyl adjacent to an activating group) is 1. The van der Waals surface area contributed by atoms with Crippen LogP contribution in [0.4, 0.5) is 5.82 Å². The van der Waals surface area contributed by atoms with Gasteiger partial charge in [0.25, 0.3) is 0 Å². The van der Waals surface area contributed by atoms with E-state index in [1.807, 2.05) is 41.6 Å². The highest BCUT2D eigenvalue weighted by molar-refractivity contribution is 7.17. The van der Waals surface area contributed by atoms with Crippen LogP contribution in [0.3, 0.4) is 0 Å². The third-order valence-electron chi connectivity index (χ3n) is 3.59. The number of anilines is 1. The molecule has 2 aromatic heterocycles. The molecular formula is C16H16ClN3O2S. The Kier molecular flexibility index (Phi) is 4.66. The van der Waals surface area contributed by atoms with Crippen molar-refractivity contribution >= 4 is 39.0 Å². The van der Waals surface area contributed by atoms with E-state index in [-0.39, 0.29) is 11.9 Å². The maximum absolute atomic E-state index is 9.20. The summed E-state index contributed by atoms with van der Waals surface area (Å²) in [7, 11) is 3.52. The van der Waals surface area contributed by atoms with E-state index in [1.165, 1.54) is 11.3 Å². The monoisotopic (exact) mass is 349 g/mol. The van der Waals surface area contributed by atoms with Crippen molar-refractivity contribution in [1.29, 1.82) is 0 Å². The van der Waals surface area contributed by atoms with Crippen molar-refractivity contribution in [3.63, 3.8) is 0 Å². The number of aromatic nitrogens is 2. The van der Waals surface area contributed by atoms with Crippen LogP contribution in [0.15, 0.2) is 29.6 Å². The second kappa shape index (κ2) is 6.70. The summed E-state index contributed by atoms with van der Waals surface area (Å²) in [6, 6.07) is 7.86. The van der Waals surface area contributed by atoms with E-state index < -0.39 is 0 Å². The lowest BCUT2D eigenvalue weighted by Crippen LogP contribution is -2.22. The smallest absolute Gasteiger partial charge is 0.225 e. The Bertz CT molecular complexity index is 820. The number of nitrogens with zero attached hydrogens (tertiary/aromatic N) is 3. The van der Waals surface area contributed by atoms with E-state index in [9.17, 15) is 5.11 Å². The third kappa shape index (κ3) is 3.10. The van der Waals surface area contributed by atoms with Crippen LogP contribution < -0.4 is 9.64 Å². The molecule has 1 N–H and O–H groups in total. The molecule has 3 rings (SSSR count).